The van der Waals surface area contributed by atoms with Gasteiger partial charge in [0.1, 0.15) is 0 Å². The van der Waals surface area contributed by atoms with E-state index >= 15 is 0 Å². The van der Waals surface area contributed by atoms with Crippen LogP contribution in [0.2, 0.25) is 0 Å². The lowest BCUT2D eigenvalue weighted by molar-refractivity contribution is 0.909. The number of aryl methyl sites for hydroxylation is 1. The zero-order chi connectivity index (χ0) is 14.5. The van der Waals surface area contributed by atoms with Gasteiger partial charge in [-0.05, 0) is 49.3 Å². The molecule has 0 radical (unpaired) electrons. The van der Waals surface area contributed by atoms with Crippen LogP contribution in [0.5, 0.6) is 0 Å². The molecule has 0 saturated heterocycles. The Morgan fingerprint density at radius 2 is 1.62 bits per heavy atom. The molecule has 0 aliphatic heterocycles. The summed E-state index contributed by atoms with van der Waals surface area (Å²) in [5.74, 6) is 0. The summed E-state index contributed by atoms with van der Waals surface area (Å²) in [5.41, 5.74) is 7.17. The summed E-state index contributed by atoms with van der Waals surface area (Å²) in [6.07, 6.45) is 11.2. The van der Waals surface area contributed by atoms with Crippen LogP contribution in [-0.2, 0) is 12.8 Å². The van der Waals surface area contributed by atoms with Crippen molar-refractivity contribution in [3.8, 4) is 0 Å². The second kappa shape index (κ2) is 6.58. The van der Waals surface area contributed by atoms with Crippen LogP contribution in [0.25, 0.3) is 0 Å². The lowest BCUT2D eigenvalue weighted by Crippen LogP contribution is -1.96. The minimum Gasteiger partial charge on any atom is -0.0842 e. The van der Waals surface area contributed by atoms with Gasteiger partial charge in [-0.1, -0.05) is 77.9 Å². The highest BCUT2D eigenvalue weighted by atomic mass is 14.1. The molecular formula is C21H22. The Kier molecular flexibility index (Phi) is 4.35. The molecule has 0 heterocycles. The topological polar surface area (TPSA) is 0 Å². The summed E-state index contributed by atoms with van der Waals surface area (Å²) in [7, 11) is 0. The molecule has 106 valence electrons. The molecule has 0 nitrogen and oxygen atoms in total. The molecule has 0 aromatic heterocycles. The number of hydrogen-bond donors (Lipinski definition) is 0. The third-order valence-electron chi connectivity index (χ3n) is 3.98. The fraction of sp³-hybridized carbons (Fsp3) is 0.238. The van der Waals surface area contributed by atoms with Gasteiger partial charge < -0.3 is 0 Å². The average Bonchev–Trinajstić information content (AvgIpc) is 2.48. The fourth-order valence-electron chi connectivity index (χ4n) is 3.05. The molecule has 2 aromatic carbocycles. The van der Waals surface area contributed by atoms with E-state index in [1.165, 1.54) is 35.1 Å². The van der Waals surface area contributed by atoms with Crippen LogP contribution < -0.4 is 0 Å². The molecule has 0 unspecified atom stereocenters. The molecule has 0 saturated carbocycles. The minimum absolute atomic E-state index is 1.02. The first kappa shape index (κ1) is 13.9. The van der Waals surface area contributed by atoms with Gasteiger partial charge in [0.25, 0.3) is 0 Å². The largest absolute Gasteiger partial charge is 0.0842 e. The van der Waals surface area contributed by atoms with Gasteiger partial charge in [0, 0.05) is 0 Å². The van der Waals surface area contributed by atoms with Gasteiger partial charge in [0.15, 0.2) is 0 Å². The Hall–Kier alpha value is -2.08. The van der Waals surface area contributed by atoms with Crippen LogP contribution in [0.4, 0.5) is 0 Å². The van der Waals surface area contributed by atoms with E-state index in [1.54, 1.807) is 5.57 Å². The van der Waals surface area contributed by atoms with Gasteiger partial charge in [-0.15, -0.1) is 0 Å². The van der Waals surface area contributed by atoms with Crippen molar-refractivity contribution >= 4 is 0 Å². The Morgan fingerprint density at radius 3 is 2.33 bits per heavy atom. The van der Waals surface area contributed by atoms with Gasteiger partial charge in [0.2, 0.25) is 0 Å². The van der Waals surface area contributed by atoms with Crippen molar-refractivity contribution in [2.75, 3.05) is 0 Å². The molecule has 0 heteroatoms. The Morgan fingerprint density at radius 1 is 0.857 bits per heavy atom. The quantitative estimate of drug-likeness (QED) is 0.699. The van der Waals surface area contributed by atoms with Crippen LogP contribution in [0.1, 0.15) is 35.1 Å². The van der Waals surface area contributed by atoms with E-state index in [4.69, 9.17) is 0 Å². The highest BCUT2D eigenvalue weighted by molar-refractivity contribution is 5.36. The third kappa shape index (κ3) is 3.95. The SMILES string of the molecule is Cc1cc(CC2=CC=CCC2)cc(Cc2ccccc2)c1. The van der Waals surface area contributed by atoms with Crippen molar-refractivity contribution in [3.05, 3.63) is 94.6 Å². The zero-order valence-corrected chi connectivity index (χ0v) is 12.7. The maximum absolute atomic E-state index is 2.37. The van der Waals surface area contributed by atoms with Crippen molar-refractivity contribution in [2.24, 2.45) is 0 Å². The fourth-order valence-corrected chi connectivity index (χ4v) is 3.05. The van der Waals surface area contributed by atoms with E-state index < -0.39 is 0 Å². The molecule has 0 N–H and O–H groups in total. The smallest absolute Gasteiger partial charge is 0.00256 e. The van der Waals surface area contributed by atoms with Crippen molar-refractivity contribution in [3.63, 3.8) is 0 Å². The van der Waals surface area contributed by atoms with Gasteiger partial charge >= 0.3 is 0 Å². The monoisotopic (exact) mass is 274 g/mol. The summed E-state index contributed by atoms with van der Waals surface area (Å²) >= 11 is 0. The standard InChI is InChI=1S/C21H22/c1-17-12-20(14-18-8-4-2-5-9-18)16-21(13-17)15-19-10-6-3-7-11-19/h2-6,8-10,12-13,16H,7,11,14-15H2,1H3. The van der Waals surface area contributed by atoms with E-state index in [2.05, 4.69) is 73.7 Å². The minimum atomic E-state index is 1.02. The maximum Gasteiger partial charge on any atom is -0.00256 e. The zero-order valence-electron chi connectivity index (χ0n) is 12.7. The second-order valence-corrected chi connectivity index (χ2v) is 5.96. The Labute approximate surface area is 127 Å². The van der Waals surface area contributed by atoms with Crippen LogP contribution in [0.15, 0.2) is 72.3 Å². The predicted molar refractivity (Wildman–Crippen MR) is 90.6 cm³/mol. The summed E-state index contributed by atoms with van der Waals surface area (Å²) in [6.45, 7) is 2.20. The van der Waals surface area contributed by atoms with Crippen molar-refractivity contribution < 1.29 is 0 Å². The van der Waals surface area contributed by atoms with E-state index in [0.717, 1.165) is 12.8 Å². The molecule has 0 atom stereocenters. The number of rotatable bonds is 4. The number of benzene rings is 2. The Balaban J connectivity index is 1.79. The summed E-state index contributed by atoms with van der Waals surface area (Å²) in [5, 5.41) is 0. The molecular weight excluding hydrogens is 252 g/mol. The summed E-state index contributed by atoms with van der Waals surface area (Å²) in [4.78, 5) is 0. The van der Waals surface area contributed by atoms with E-state index in [0.29, 0.717) is 0 Å². The molecule has 0 spiro atoms. The molecule has 1 aliphatic rings. The third-order valence-corrected chi connectivity index (χ3v) is 3.98. The molecule has 2 aromatic rings. The van der Waals surface area contributed by atoms with Crippen LogP contribution in [0.3, 0.4) is 0 Å². The highest BCUT2D eigenvalue weighted by Crippen LogP contribution is 2.20. The van der Waals surface area contributed by atoms with Gasteiger partial charge in [-0.3, -0.25) is 0 Å². The number of hydrogen-bond acceptors (Lipinski definition) is 0. The predicted octanol–water partition coefficient (Wildman–Crippen LogP) is 5.40. The molecule has 0 amide bonds. The first-order valence-corrected chi connectivity index (χ1v) is 7.77. The van der Waals surface area contributed by atoms with Crippen LogP contribution in [0, 0.1) is 6.92 Å². The summed E-state index contributed by atoms with van der Waals surface area (Å²) < 4.78 is 0. The first-order valence-electron chi connectivity index (χ1n) is 7.77. The van der Waals surface area contributed by atoms with Crippen LogP contribution >= 0.6 is 0 Å². The Bertz CT molecular complexity index is 660. The molecule has 0 fully saturated rings. The number of allylic oxidation sites excluding steroid dienone is 4. The van der Waals surface area contributed by atoms with E-state index in [1.807, 2.05) is 0 Å². The lowest BCUT2D eigenvalue weighted by atomic mass is 9.94. The van der Waals surface area contributed by atoms with Crippen molar-refractivity contribution in [1.82, 2.24) is 0 Å². The highest BCUT2D eigenvalue weighted by Gasteiger charge is 2.05. The molecule has 3 rings (SSSR count). The van der Waals surface area contributed by atoms with E-state index in [-0.39, 0.29) is 0 Å². The lowest BCUT2D eigenvalue weighted by Gasteiger charge is -2.12. The first-order chi connectivity index (χ1) is 10.3. The van der Waals surface area contributed by atoms with Gasteiger partial charge in [0.05, 0.1) is 0 Å². The van der Waals surface area contributed by atoms with Gasteiger partial charge in [-0.2, -0.15) is 0 Å². The van der Waals surface area contributed by atoms with Crippen molar-refractivity contribution in [2.45, 2.75) is 32.6 Å². The van der Waals surface area contributed by atoms with Crippen LogP contribution in [-0.4, -0.2) is 0 Å². The maximum atomic E-state index is 2.37. The molecule has 21 heavy (non-hydrogen) atoms. The molecule has 0 bridgehead atoms. The second-order valence-electron chi connectivity index (χ2n) is 5.96. The normalized spacial score (nSPS) is 14.0. The average molecular weight is 274 g/mol. The van der Waals surface area contributed by atoms with Gasteiger partial charge in [-0.25, -0.2) is 0 Å². The summed E-state index contributed by atoms with van der Waals surface area (Å²) in [6, 6.07) is 17.7. The van der Waals surface area contributed by atoms with Crippen molar-refractivity contribution in [1.29, 1.82) is 0 Å². The van der Waals surface area contributed by atoms with E-state index in [9.17, 15) is 0 Å². The molecule has 1 aliphatic carbocycles.